The summed E-state index contributed by atoms with van der Waals surface area (Å²) in [5.41, 5.74) is 4.35. The molecule has 0 bridgehead atoms. The van der Waals surface area contributed by atoms with Crippen molar-refractivity contribution in [1.29, 1.82) is 0 Å². The third-order valence-corrected chi connectivity index (χ3v) is 3.38. The van der Waals surface area contributed by atoms with E-state index in [4.69, 9.17) is 0 Å². The van der Waals surface area contributed by atoms with Gasteiger partial charge in [-0.1, -0.05) is 30.3 Å². The van der Waals surface area contributed by atoms with Crippen molar-refractivity contribution in [2.24, 2.45) is 0 Å². The Labute approximate surface area is 120 Å². The molecular formula is C17H24N2O+2. The Hall–Kier alpha value is -1.87. The summed E-state index contributed by atoms with van der Waals surface area (Å²) in [7, 11) is 4.18. The van der Waals surface area contributed by atoms with Crippen molar-refractivity contribution in [1.82, 2.24) is 0 Å². The molecule has 0 aliphatic carbocycles. The standard InChI is InChI=1S/C17H22N2O/c1-13-11-15(12-19(2)3)17(20)16(18-13)10-9-14-7-5-4-6-8-14/h4-8,11,20H,9-10,12H2,1-3H3/p+2. The molecule has 0 fully saturated rings. The van der Waals surface area contributed by atoms with Crippen molar-refractivity contribution in [3.63, 3.8) is 0 Å². The minimum absolute atomic E-state index is 0.424. The topological polar surface area (TPSA) is 38.8 Å². The average Bonchev–Trinajstić information content (AvgIpc) is 2.41. The second-order valence-electron chi connectivity index (χ2n) is 5.67. The molecule has 20 heavy (non-hydrogen) atoms. The van der Waals surface area contributed by atoms with Gasteiger partial charge in [-0.15, -0.1) is 0 Å². The smallest absolute Gasteiger partial charge is 0.222 e. The van der Waals surface area contributed by atoms with Crippen LogP contribution in [0.5, 0.6) is 5.75 Å². The van der Waals surface area contributed by atoms with Gasteiger partial charge in [-0.25, -0.2) is 4.98 Å². The van der Waals surface area contributed by atoms with E-state index >= 15 is 0 Å². The Morgan fingerprint density at radius 3 is 2.45 bits per heavy atom. The molecule has 0 atom stereocenters. The number of hydrogen-bond donors (Lipinski definition) is 2. The van der Waals surface area contributed by atoms with Gasteiger partial charge in [-0.2, -0.15) is 0 Å². The first-order valence-electron chi connectivity index (χ1n) is 7.13. The third kappa shape index (κ3) is 3.81. The van der Waals surface area contributed by atoms with Gasteiger partial charge in [0.15, 0.2) is 11.4 Å². The molecule has 106 valence electrons. The molecule has 0 aliphatic heterocycles. The maximum atomic E-state index is 10.4. The zero-order valence-electron chi connectivity index (χ0n) is 12.5. The van der Waals surface area contributed by atoms with Crippen molar-refractivity contribution in [2.75, 3.05) is 14.1 Å². The molecule has 0 unspecified atom stereocenters. The zero-order valence-corrected chi connectivity index (χ0v) is 12.5. The summed E-state index contributed by atoms with van der Waals surface area (Å²) in [5, 5.41) is 10.4. The van der Waals surface area contributed by atoms with Crippen LogP contribution in [0.2, 0.25) is 0 Å². The maximum absolute atomic E-state index is 10.4. The van der Waals surface area contributed by atoms with Gasteiger partial charge in [-0.05, 0) is 12.0 Å². The van der Waals surface area contributed by atoms with Gasteiger partial charge in [-0.3, -0.25) is 0 Å². The fourth-order valence-electron chi connectivity index (χ4n) is 2.47. The van der Waals surface area contributed by atoms with Crippen molar-refractivity contribution in [2.45, 2.75) is 26.3 Å². The first kappa shape index (κ1) is 14.5. The molecule has 0 saturated carbocycles. The number of pyridine rings is 1. The summed E-state index contributed by atoms with van der Waals surface area (Å²) in [4.78, 5) is 4.61. The Kier molecular flexibility index (Phi) is 4.74. The highest BCUT2D eigenvalue weighted by Gasteiger charge is 2.17. The van der Waals surface area contributed by atoms with Gasteiger partial charge in [0.05, 0.1) is 19.7 Å². The molecule has 0 aliphatic rings. The van der Waals surface area contributed by atoms with Crippen LogP contribution < -0.4 is 9.88 Å². The average molecular weight is 272 g/mol. The number of aromatic amines is 1. The molecule has 3 heteroatoms. The van der Waals surface area contributed by atoms with Crippen LogP contribution in [0.4, 0.5) is 0 Å². The second-order valence-corrected chi connectivity index (χ2v) is 5.67. The van der Waals surface area contributed by atoms with Crippen LogP contribution in [-0.4, -0.2) is 19.2 Å². The van der Waals surface area contributed by atoms with E-state index in [1.165, 1.54) is 10.5 Å². The quantitative estimate of drug-likeness (QED) is 0.835. The normalized spacial score (nSPS) is 11.0. The molecule has 1 aromatic carbocycles. The molecule has 3 nitrogen and oxygen atoms in total. The van der Waals surface area contributed by atoms with Crippen LogP contribution in [0.25, 0.3) is 0 Å². The lowest BCUT2D eigenvalue weighted by Crippen LogP contribution is -3.04. The number of quaternary nitrogens is 1. The predicted molar refractivity (Wildman–Crippen MR) is 79.8 cm³/mol. The predicted octanol–water partition coefficient (Wildman–Crippen LogP) is 0.944. The maximum Gasteiger partial charge on any atom is 0.222 e. The van der Waals surface area contributed by atoms with Crippen LogP contribution in [0.3, 0.4) is 0 Å². The molecule has 2 aromatic rings. The van der Waals surface area contributed by atoms with Gasteiger partial charge in [0.2, 0.25) is 5.69 Å². The van der Waals surface area contributed by atoms with Crippen molar-refractivity contribution in [3.8, 4) is 5.75 Å². The van der Waals surface area contributed by atoms with Gasteiger partial charge >= 0.3 is 0 Å². The van der Waals surface area contributed by atoms with E-state index in [0.29, 0.717) is 5.75 Å². The summed E-state index contributed by atoms with van der Waals surface area (Å²) < 4.78 is 0. The van der Waals surface area contributed by atoms with Gasteiger partial charge in [0, 0.05) is 19.4 Å². The lowest BCUT2D eigenvalue weighted by Gasteiger charge is -2.09. The number of rotatable bonds is 5. The summed E-state index contributed by atoms with van der Waals surface area (Å²) >= 11 is 0. The van der Waals surface area contributed by atoms with Crippen LogP contribution in [0, 0.1) is 6.92 Å². The molecule has 0 spiro atoms. The van der Waals surface area contributed by atoms with Gasteiger partial charge < -0.3 is 10.0 Å². The summed E-state index contributed by atoms with van der Waals surface area (Å²) in [5.74, 6) is 0.424. The highest BCUT2D eigenvalue weighted by molar-refractivity contribution is 5.34. The highest BCUT2D eigenvalue weighted by atomic mass is 16.3. The van der Waals surface area contributed by atoms with E-state index < -0.39 is 0 Å². The second kappa shape index (κ2) is 6.53. The number of H-pyrrole nitrogens is 1. The van der Waals surface area contributed by atoms with Crippen LogP contribution in [0.15, 0.2) is 36.4 Å². The first-order chi connectivity index (χ1) is 9.56. The Morgan fingerprint density at radius 1 is 1.10 bits per heavy atom. The SMILES string of the molecule is Cc1cc(C[NH+](C)C)c(O)c(CCc2ccccc2)[nH+]1. The Balaban J connectivity index is 2.17. The molecule has 0 amide bonds. The molecule has 0 radical (unpaired) electrons. The Morgan fingerprint density at radius 2 is 1.80 bits per heavy atom. The molecule has 2 rings (SSSR count). The minimum Gasteiger partial charge on any atom is -0.502 e. The van der Waals surface area contributed by atoms with Crippen LogP contribution in [0.1, 0.15) is 22.5 Å². The number of nitrogens with one attached hydrogen (secondary N) is 2. The molecule has 3 N–H and O–H groups in total. The zero-order chi connectivity index (χ0) is 14.5. The fraction of sp³-hybridized carbons (Fsp3) is 0.353. The molecule has 0 saturated heterocycles. The molecule has 1 heterocycles. The summed E-state index contributed by atoms with van der Waals surface area (Å²) in [6.07, 6.45) is 1.76. The number of hydrogen-bond acceptors (Lipinski definition) is 1. The van der Waals surface area contributed by atoms with E-state index in [1.54, 1.807) is 0 Å². The van der Waals surface area contributed by atoms with Gasteiger partial charge in [0.25, 0.3) is 0 Å². The summed E-state index contributed by atoms with van der Waals surface area (Å²) in [6, 6.07) is 12.4. The number of aromatic nitrogens is 1. The fourth-order valence-corrected chi connectivity index (χ4v) is 2.47. The van der Waals surface area contributed by atoms with E-state index in [0.717, 1.165) is 36.3 Å². The first-order valence-corrected chi connectivity index (χ1v) is 7.13. The van der Waals surface area contributed by atoms with Gasteiger partial charge in [0.1, 0.15) is 6.54 Å². The number of aryl methyl sites for hydroxylation is 3. The van der Waals surface area contributed by atoms with Crippen molar-refractivity contribution < 1.29 is 15.0 Å². The lowest BCUT2D eigenvalue weighted by atomic mass is 10.0. The van der Waals surface area contributed by atoms with E-state index in [-0.39, 0.29) is 0 Å². The van der Waals surface area contributed by atoms with E-state index in [9.17, 15) is 5.11 Å². The Bertz CT molecular complexity index is 565. The van der Waals surface area contributed by atoms with Crippen LogP contribution >= 0.6 is 0 Å². The summed E-state index contributed by atoms with van der Waals surface area (Å²) in [6.45, 7) is 2.87. The van der Waals surface area contributed by atoms with E-state index in [1.807, 2.05) is 19.1 Å². The van der Waals surface area contributed by atoms with Crippen LogP contribution in [-0.2, 0) is 19.4 Å². The third-order valence-electron chi connectivity index (χ3n) is 3.38. The van der Waals surface area contributed by atoms with Crippen molar-refractivity contribution >= 4 is 0 Å². The number of benzene rings is 1. The molecule has 1 aromatic heterocycles. The molecular weight excluding hydrogens is 248 g/mol. The minimum atomic E-state index is 0.424. The monoisotopic (exact) mass is 272 g/mol. The van der Waals surface area contributed by atoms with Crippen molar-refractivity contribution in [3.05, 3.63) is 58.9 Å². The number of aromatic hydroxyl groups is 1. The highest BCUT2D eigenvalue weighted by Crippen LogP contribution is 2.20. The lowest BCUT2D eigenvalue weighted by molar-refractivity contribution is -0.872. The largest absolute Gasteiger partial charge is 0.502 e. The van der Waals surface area contributed by atoms with E-state index in [2.05, 4.69) is 43.3 Å².